The molecule has 0 aromatic heterocycles. The molecule has 1 aliphatic heterocycles. The minimum Gasteiger partial charge on any atom is -0.373 e. The van der Waals surface area contributed by atoms with E-state index in [0.29, 0.717) is 13.2 Å². The number of rotatable bonds is 2. The van der Waals surface area contributed by atoms with Gasteiger partial charge in [0.15, 0.2) is 0 Å². The van der Waals surface area contributed by atoms with Gasteiger partial charge in [0, 0.05) is 11.6 Å². The molecule has 0 unspecified atom stereocenters. The summed E-state index contributed by atoms with van der Waals surface area (Å²) in [4.78, 5) is 12.5. The zero-order valence-electron chi connectivity index (χ0n) is 14.3. The van der Waals surface area contributed by atoms with Gasteiger partial charge in [0.1, 0.15) is 0 Å². The van der Waals surface area contributed by atoms with Crippen molar-refractivity contribution in [3.63, 3.8) is 0 Å². The topological polar surface area (TPSA) is 47.6 Å². The molecule has 1 amide bonds. The molecule has 1 saturated heterocycles. The quantitative estimate of drug-likeness (QED) is 0.912. The van der Waals surface area contributed by atoms with Crippen molar-refractivity contribution in [1.29, 1.82) is 0 Å². The first kappa shape index (κ1) is 16.5. The van der Waals surface area contributed by atoms with Crippen LogP contribution in [-0.2, 0) is 14.9 Å². The Morgan fingerprint density at radius 2 is 1.70 bits per heavy atom. The van der Waals surface area contributed by atoms with Gasteiger partial charge in [-0.3, -0.25) is 4.79 Å². The van der Waals surface area contributed by atoms with E-state index in [4.69, 9.17) is 9.47 Å². The normalized spacial score (nSPS) is 28.0. The lowest BCUT2D eigenvalue weighted by molar-refractivity contribution is -0.157. The fourth-order valence-corrected chi connectivity index (χ4v) is 3.39. The van der Waals surface area contributed by atoms with Crippen LogP contribution in [0, 0.1) is 0 Å². The number of nitrogens with one attached hydrogen (secondary N) is 1. The third kappa shape index (κ3) is 3.93. The van der Waals surface area contributed by atoms with Crippen molar-refractivity contribution < 1.29 is 14.3 Å². The number of hydrogen-bond acceptors (Lipinski definition) is 3. The van der Waals surface area contributed by atoms with Gasteiger partial charge in [0.2, 0.25) is 0 Å². The summed E-state index contributed by atoms with van der Waals surface area (Å²) in [7, 11) is 0. The second-order valence-corrected chi connectivity index (χ2v) is 7.63. The van der Waals surface area contributed by atoms with E-state index < -0.39 is 0 Å². The third-order valence-electron chi connectivity index (χ3n) is 4.83. The second kappa shape index (κ2) is 6.62. The predicted octanol–water partition coefficient (Wildman–Crippen LogP) is 3.05. The highest BCUT2D eigenvalue weighted by Crippen LogP contribution is 2.27. The molecule has 1 aromatic rings. The molecule has 2 fully saturated rings. The first-order valence-electron chi connectivity index (χ1n) is 8.58. The van der Waals surface area contributed by atoms with E-state index in [1.807, 2.05) is 24.3 Å². The molecule has 0 spiro atoms. The molecule has 1 heterocycles. The largest absolute Gasteiger partial charge is 0.373 e. The zero-order valence-corrected chi connectivity index (χ0v) is 14.3. The summed E-state index contributed by atoms with van der Waals surface area (Å²) in [5.41, 5.74) is 2.06. The number of hydrogen-bond donors (Lipinski definition) is 1. The van der Waals surface area contributed by atoms with Crippen molar-refractivity contribution in [2.24, 2.45) is 0 Å². The summed E-state index contributed by atoms with van der Waals surface area (Å²) >= 11 is 0. The van der Waals surface area contributed by atoms with Gasteiger partial charge >= 0.3 is 0 Å². The summed E-state index contributed by atoms with van der Waals surface area (Å²) in [5.74, 6) is 0.00522. The standard InChI is InChI=1S/C19H27NO3/c1-19(2,3)14-6-4-13(5-7-14)18(21)20-15-8-9-16-17(12-15)23-11-10-22-16/h4-7,15-17H,8-12H2,1-3H3,(H,20,21)/t15-,16-,17-/m1/s1. The summed E-state index contributed by atoms with van der Waals surface area (Å²) in [6, 6.07) is 8.10. The smallest absolute Gasteiger partial charge is 0.251 e. The summed E-state index contributed by atoms with van der Waals surface area (Å²) in [6.07, 6.45) is 3.10. The van der Waals surface area contributed by atoms with Crippen LogP contribution < -0.4 is 5.32 Å². The van der Waals surface area contributed by atoms with Crippen molar-refractivity contribution in [2.75, 3.05) is 13.2 Å². The molecule has 126 valence electrons. The van der Waals surface area contributed by atoms with E-state index in [1.54, 1.807) is 0 Å². The number of ether oxygens (including phenoxy) is 2. The number of carbonyl (C=O) groups is 1. The Bertz CT molecular complexity index is 547. The van der Waals surface area contributed by atoms with Crippen LogP contribution in [0.1, 0.15) is 56.0 Å². The van der Waals surface area contributed by atoms with Crippen LogP contribution in [0.5, 0.6) is 0 Å². The number of benzene rings is 1. The minimum absolute atomic E-state index is 0.00522. The zero-order chi connectivity index (χ0) is 16.4. The average Bonchev–Trinajstić information content (AvgIpc) is 2.54. The second-order valence-electron chi connectivity index (χ2n) is 7.63. The lowest BCUT2D eigenvalue weighted by atomic mass is 9.86. The molecular weight excluding hydrogens is 290 g/mol. The molecule has 2 aliphatic rings. The van der Waals surface area contributed by atoms with E-state index in [1.165, 1.54) is 5.56 Å². The Kier molecular flexibility index (Phi) is 4.74. The van der Waals surface area contributed by atoms with Gasteiger partial charge in [-0.25, -0.2) is 0 Å². The summed E-state index contributed by atoms with van der Waals surface area (Å²) in [5, 5.41) is 3.15. The van der Waals surface area contributed by atoms with Gasteiger partial charge < -0.3 is 14.8 Å². The summed E-state index contributed by atoms with van der Waals surface area (Å²) in [6.45, 7) is 7.88. The van der Waals surface area contributed by atoms with Gasteiger partial charge in [-0.05, 0) is 42.4 Å². The molecule has 1 saturated carbocycles. The maximum absolute atomic E-state index is 12.5. The first-order chi connectivity index (χ1) is 10.9. The molecule has 1 N–H and O–H groups in total. The Morgan fingerprint density at radius 3 is 2.35 bits per heavy atom. The fraction of sp³-hybridized carbons (Fsp3) is 0.632. The SMILES string of the molecule is CC(C)(C)c1ccc(C(=O)N[C@@H]2CC[C@H]3OCCO[C@@H]3C2)cc1. The van der Waals surface area contributed by atoms with Crippen molar-refractivity contribution in [1.82, 2.24) is 5.32 Å². The Labute approximate surface area is 138 Å². The monoisotopic (exact) mass is 317 g/mol. The first-order valence-corrected chi connectivity index (χ1v) is 8.58. The van der Waals surface area contributed by atoms with E-state index in [-0.39, 0.29) is 29.6 Å². The van der Waals surface area contributed by atoms with Gasteiger partial charge in [-0.1, -0.05) is 32.9 Å². The minimum atomic E-state index is 0.00522. The molecule has 23 heavy (non-hydrogen) atoms. The van der Waals surface area contributed by atoms with Crippen LogP contribution >= 0.6 is 0 Å². The fourth-order valence-electron chi connectivity index (χ4n) is 3.39. The van der Waals surface area contributed by atoms with Gasteiger partial charge in [0.25, 0.3) is 5.91 Å². The van der Waals surface area contributed by atoms with Crippen molar-refractivity contribution >= 4 is 5.91 Å². The number of fused-ring (bicyclic) bond motifs is 1. The van der Waals surface area contributed by atoms with Gasteiger partial charge in [-0.15, -0.1) is 0 Å². The molecule has 0 radical (unpaired) electrons. The molecule has 4 heteroatoms. The van der Waals surface area contributed by atoms with Gasteiger partial charge in [0.05, 0.1) is 25.4 Å². The highest BCUT2D eigenvalue weighted by atomic mass is 16.6. The molecular formula is C19H27NO3. The van der Waals surface area contributed by atoms with Crippen molar-refractivity contribution in [2.45, 2.75) is 63.7 Å². The molecule has 3 atom stereocenters. The van der Waals surface area contributed by atoms with E-state index in [2.05, 4.69) is 26.1 Å². The number of amides is 1. The molecule has 1 aromatic carbocycles. The average molecular weight is 317 g/mol. The highest BCUT2D eigenvalue weighted by Gasteiger charge is 2.34. The lowest BCUT2D eigenvalue weighted by Gasteiger charge is -2.39. The van der Waals surface area contributed by atoms with Crippen LogP contribution in [0.25, 0.3) is 0 Å². The Balaban J connectivity index is 1.58. The van der Waals surface area contributed by atoms with Crippen LogP contribution in [-0.4, -0.2) is 37.4 Å². The van der Waals surface area contributed by atoms with Crippen molar-refractivity contribution in [3.8, 4) is 0 Å². The van der Waals surface area contributed by atoms with E-state index >= 15 is 0 Å². The summed E-state index contributed by atoms with van der Waals surface area (Å²) < 4.78 is 11.5. The van der Waals surface area contributed by atoms with E-state index in [9.17, 15) is 4.79 Å². The molecule has 1 aliphatic carbocycles. The lowest BCUT2D eigenvalue weighted by Crippen LogP contribution is -2.49. The number of carbonyl (C=O) groups excluding carboxylic acids is 1. The van der Waals surface area contributed by atoms with Crippen LogP contribution in [0.2, 0.25) is 0 Å². The maximum atomic E-state index is 12.5. The van der Waals surface area contributed by atoms with Crippen molar-refractivity contribution in [3.05, 3.63) is 35.4 Å². The maximum Gasteiger partial charge on any atom is 0.251 e. The Morgan fingerprint density at radius 1 is 1.04 bits per heavy atom. The molecule has 0 bridgehead atoms. The predicted molar refractivity (Wildman–Crippen MR) is 89.7 cm³/mol. The molecule has 4 nitrogen and oxygen atoms in total. The third-order valence-corrected chi connectivity index (χ3v) is 4.83. The van der Waals surface area contributed by atoms with Crippen LogP contribution in [0.15, 0.2) is 24.3 Å². The Hall–Kier alpha value is -1.39. The van der Waals surface area contributed by atoms with Gasteiger partial charge in [-0.2, -0.15) is 0 Å². The van der Waals surface area contributed by atoms with Crippen LogP contribution in [0.4, 0.5) is 0 Å². The van der Waals surface area contributed by atoms with E-state index in [0.717, 1.165) is 24.8 Å². The van der Waals surface area contributed by atoms with Crippen LogP contribution in [0.3, 0.4) is 0 Å². The highest BCUT2D eigenvalue weighted by molar-refractivity contribution is 5.94. The molecule has 3 rings (SSSR count).